The molecule has 1 atom stereocenters. The molecule has 0 heterocycles. The van der Waals surface area contributed by atoms with Crippen LogP contribution in [0.1, 0.15) is 33.1 Å². The van der Waals surface area contributed by atoms with Gasteiger partial charge in [0.05, 0.1) is 11.5 Å². The predicted octanol–water partition coefficient (Wildman–Crippen LogP) is 3.05. The molecule has 0 spiro atoms. The molecule has 0 saturated carbocycles. The minimum Gasteiger partial charge on any atom is -0.487 e. The number of para-hydroxylation sites is 1. The first-order valence-electron chi connectivity index (χ1n) is 6.84. The quantitative estimate of drug-likeness (QED) is 0.536. The summed E-state index contributed by atoms with van der Waals surface area (Å²) in [6, 6.07) is 4.63. The Hall–Kier alpha value is -2.31. The summed E-state index contributed by atoms with van der Waals surface area (Å²) in [7, 11) is 0. The highest BCUT2D eigenvalue weighted by Crippen LogP contribution is 2.35. The number of hydrogen-bond donors (Lipinski definition) is 2. The van der Waals surface area contributed by atoms with Gasteiger partial charge in [-0.05, 0) is 31.9 Å². The summed E-state index contributed by atoms with van der Waals surface area (Å²) in [4.78, 5) is 21.3. The van der Waals surface area contributed by atoms with Gasteiger partial charge < -0.3 is 15.2 Å². The number of ether oxygens (including phenoxy) is 1. The number of nitrogens with zero attached hydrogens (tertiary/aromatic N) is 1. The lowest BCUT2D eigenvalue weighted by molar-refractivity contribution is -0.385. The van der Waals surface area contributed by atoms with E-state index in [0.29, 0.717) is 18.7 Å². The van der Waals surface area contributed by atoms with Gasteiger partial charge in [0, 0.05) is 12.5 Å². The first kappa shape index (κ1) is 16.7. The fourth-order valence-electron chi connectivity index (χ4n) is 1.83. The summed E-state index contributed by atoms with van der Waals surface area (Å²) in [6.45, 7) is 4.10. The number of nitro groups is 1. The van der Waals surface area contributed by atoms with Crippen LogP contribution in [-0.4, -0.2) is 28.6 Å². The number of carboxylic acid groups (broad SMARTS) is 1. The van der Waals surface area contributed by atoms with E-state index in [0.717, 1.165) is 6.42 Å². The molecule has 0 amide bonds. The molecule has 1 aromatic carbocycles. The van der Waals surface area contributed by atoms with Crippen molar-refractivity contribution in [2.24, 2.45) is 0 Å². The van der Waals surface area contributed by atoms with Gasteiger partial charge in [-0.15, -0.1) is 0 Å². The van der Waals surface area contributed by atoms with Crippen LogP contribution >= 0.6 is 0 Å². The van der Waals surface area contributed by atoms with Crippen LogP contribution in [0.15, 0.2) is 18.2 Å². The number of aliphatic carboxylic acids is 1. The third-order valence-electron chi connectivity index (χ3n) is 2.84. The van der Waals surface area contributed by atoms with Gasteiger partial charge in [-0.25, -0.2) is 0 Å². The van der Waals surface area contributed by atoms with Crippen molar-refractivity contribution >= 4 is 17.3 Å². The number of carbonyl (C=O) groups is 1. The predicted molar refractivity (Wildman–Crippen MR) is 78.8 cm³/mol. The Morgan fingerprint density at radius 1 is 1.52 bits per heavy atom. The molecule has 0 aromatic heterocycles. The maximum atomic E-state index is 11.2. The molecular formula is C14H20N2O5. The van der Waals surface area contributed by atoms with E-state index in [9.17, 15) is 14.9 Å². The van der Waals surface area contributed by atoms with Crippen molar-refractivity contribution in [1.29, 1.82) is 0 Å². The van der Waals surface area contributed by atoms with Crippen molar-refractivity contribution in [2.45, 2.75) is 39.2 Å². The first-order chi connectivity index (χ1) is 9.95. The van der Waals surface area contributed by atoms with E-state index in [-0.39, 0.29) is 23.9 Å². The van der Waals surface area contributed by atoms with Gasteiger partial charge in [0.15, 0.2) is 5.75 Å². The Balaban J connectivity index is 2.90. The van der Waals surface area contributed by atoms with Crippen LogP contribution in [0.3, 0.4) is 0 Å². The minimum atomic E-state index is -0.891. The van der Waals surface area contributed by atoms with Crippen LogP contribution in [0, 0.1) is 10.1 Å². The molecule has 1 rings (SSSR count). The number of rotatable bonds is 9. The van der Waals surface area contributed by atoms with Gasteiger partial charge in [-0.3, -0.25) is 14.9 Å². The molecule has 0 bridgehead atoms. The van der Waals surface area contributed by atoms with E-state index in [4.69, 9.17) is 9.84 Å². The summed E-state index contributed by atoms with van der Waals surface area (Å²) in [5.41, 5.74) is 0.222. The summed E-state index contributed by atoms with van der Waals surface area (Å²) in [6.07, 6.45) is 1.14. The van der Waals surface area contributed by atoms with E-state index in [1.807, 2.05) is 6.92 Å². The van der Waals surface area contributed by atoms with E-state index in [2.05, 4.69) is 5.32 Å². The zero-order chi connectivity index (χ0) is 15.8. The molecule has 0 aliphatic heterocycles. The normalized spacial score (nSPS) is 11.7. The summed E-state index contributed by atoms with van der Waals surface area (Å²) >= 11 is 0. The lowest BCUT2D eigenvalue weighted by atomic mass is 10.1. The molecule has 0 aliphatic carbocycles. The zero-order valence-corrected chi connectivity index (χ0v) is 12.2. The van der Waals surface area contributed by atoms with Gasteiger partial charge in [-0.2, -0.15) is 0 Å². The fraction of sp³-hybridized carbons (Fsp3) is 0.500. The molecule has 7 nitrogen and oxygen atoms in total. The molecule has 0 radical (unpaired) electrons. The van der Waals surface area contributed by atoms with Crippen LogP contribution in [-0.2, 0) is 4.79 Å². The van der Waals surface area contributed by atoms with E-state index in [1.54, 1.807) is 25.1 Å². The number of benzene rings is 1. The van der Waals surface area contributed by atoms with Gasteiger partial charge >= 0.3 is 11.7 Å². The third kappa shape index (κ3) is 5.29. The molecule has 2 N–H and O–H groups in total. The molecule has 21 heavy (non-hydrogen) atoms. The second-order valence-corrected chi connectivity index (χ2v) is 4.74. The number of anilines is 1. The number of nitro benzene ring substituents is 1. The van der Waals surface area contributed by atoms with Crippen LogP contribution in [0.4, 0.5) is 11.4 Å². The highest BCUT2D eigenvalue weighted by atomic mass is 16.6. The first-order valence-corrected chi connectivity index (χ1v) is 6.84. The van der Waals surface area contributed by atoms with Crippen molar-refractivity contribution < 1.29 is 19.6 Å². The SMILES string of the molecule is CCCOc1cccc(NC(C)CCC(=O)O)c1[N+](=O)[O-]. The Labute approximate surface area is 123 Å². The molecule has 1 unspecified atom stereocenters. The van der Waals surface area contributed by atoms with Crippen molar-refractivity contribution in [3.63, 3.8) is 0 Å². The van der Waals surface area contributed by atoms with Crippen molar-refractivity contribution in [3.8, 4) is 5.75 Å². The lowest BCUT2D eigenvalue weighted by Crippen LogP contribution is -2.17. The van der Waals surface area contributed by atoms with Crippen molar-refractivity contribution in [2.75, 3.05) is 11.9 Å². The van der Waals surface area contributed by atoms with Crippen molar-refractivity contribution in [1.82, 2.24) is 0 Å². The minimum absolute atomic E-state index is 0.00793. The summed E-state index contributed by atoms with van der Waals surface area (Å²) in [5, 5.41) is 22.9. The van der Waals surface area contributed by atoms with Crippen molar-refractivity contribution in [3.05, 3.63) is 28.3 Å². The second kappa shape index (κ2) is 8.08. The highest BCUT2D eigenvalue weighted by molar-refractivity contribution is 5.69. The molecule has 1 aromatic rings. The molecule has 0 aliphatic rings. The number of hydrogen-bond acceptors (Lipinski definition) is 5. The smallest absolute Gasteiger partial charge is 0.333 e. The van der Waals surface area contributed by atoms with Gasteiger partial charge in [0.2, 0.25) is 0 Å². The van der Waals surface area contributed by atoms with Crippen LogP contribution in [0.25, 0.3) is 0 Å². The summed E-state index contributed by atoms with van der Waals surface area (Å²) < 4.78 is 5.39. The molecule has 116 valence electrons. The third-order valence-corrected chi connectivity index (χ3v) is 2.84. The second-order valence-electron chi connectivity index (χ2n) is 4.74. The maximum absolute atomic E-state index is 11.2. The Kier molecular flexibility index (Phi) is 6.45. The highest BCUT2D eigenvalue weighted by Gasteiger charge is 2.22. The van der Waals surface area contributed by atoms with Gasteiger partial charge in [0.25, 0.3) is 0 Å². The molecule has 7 heteroatoms. The van der Waals surface area contributed by atoms with Crippen LogP contribution < -0.4 is 10.1 Å². The number of nitrogens with one attached hydrogen (secondary N) is 1. The van der Waals surface area contributed by atoms with Crippen LogP contribution in [0.5, 0.6) is 5.75 Å². The summed E-state index contributed by atoms with van der Waals surface area (Å²) in [5.74, 6) is -0.671. The van der Waals surface area contributed by atoms with Crippen LogP contribution in [0.2, 0.25) is 0 Å². The van der Waals surface area contributed by atoms with Gasteiger partial charge in [-0.1, -0.05) is 13.0 Å². The maximum Gasteiger partial charge on any atom is 0.333 e. The Morgan fingerprint density at radius 2 is 2.24 bits per heavy atom. The standard InChI is InChI=1S/C14H20N2O5/c1-3-9-21-12-6-4-5-11(14(12)16(19)20)15-10(2)7-8-13(17)18/h4-6,10,15H,3,7-9H2,1-2H3,(H,17,18). The topological polar surface area (TPSA) is 102 Å². The fourth-order valence-corrected chi connectivity index (χ4v) is 1.83. The zero-order valence-electron chi connectivity index (χ0n) is 12.2. The van der Waals surface area contributed by atoms with E-state index < -0.39 is 10.9 Å². The molecular weight excluding hydrogens is 276 g/mol. The monoisotopic (exact) mass is 296 g/mol. The van der Waals surface area contributed by atoms with E-state index >= 15 is 0 Å². The largest absolute Gasteiger partial charge is 0.487 e. The van der Waals surface area contributed by atoms with E-state index in [1.165, 1.54) is 0 Å². The lowest BCUT2D eigenvalue weighted by Gasteiger charge is -2.15. The Bertz CT molecular complexity index is 504. The molecule has 0 saturated heterocycles. The van der Waals surface area contributed by atoms with Gasteiger partial charge in [0.1, 0.15) is 5.69 Å². The average molecular weight is 296 g/mol. The average Bonchev–Trinajstić information content (AvgIpc) is 2.42. The Morgan fingerprint density at radius 3 is 2.81 bits per heavy atom. The number of carboxylic acids is 1. The molecule has 0 fully saturated rings.